The van der Waals surface area contributed by atoms with Gasteiger partial charge in [-0.25, -0.2) is 9.50 Å². The summed E-state index contributed by atoms with van der Waals surface area (Å²) in [6.07, 6.45) is 1.75. The summed E-state index contributed by atoms with van der Waals surface area (Å²) in [4.78, 5) is 21.1. The number of amides is 1. The molecule has 0 spiro atoms. The number of piperazine rings is 1. The van der Waals surface area contributed by atoms with Crippen LogP contribution in [-0.2, 0) is 0 Å². The van der Waals surface area contributed by atoms with Gasteiger partial charge in [-0.1, -0.05) is 18.2 Å². The zero-order chi connectivity index (χ0) is 22.1. The van der Waals surface area contributed by atoms with Crippen molar-refractivity contribution in [2.45, 2.75) is 0 Å². The Morgan fingerprint density at radius 3 is 2.47 bits per heavy atom. The number of fused-ring (bicyclic) bond motifs is 1. The Kier molecular flexibility index (Phi) is 5.20. The second kappa shape index (κ2) is 8.32. The van der Waals surface area contributed by atoms with Gasteiger partial charge in [0, 0.05) is 48.7 Å². The Morgan fingerprint density at radius 1 is 0.969 bits per heavy atom. The molecule has 0 atom stereocenters. The lowest BCUT2D eigenvalue weighted by Crippen LogP contribution is -2.44. The highest BCUT2D eigenvalue weighted by molar-refractivity contribution is 5.99. The Balaban J connectivity index is 1.40. The minimum absolute atomic E-state index is 0.458. The zero-order valence-electron chi connectivity index (χ0n) is 17.9. The molecule has 0 bridgehead atoms. The molecule has 0 radical (unpaired) electrons. The van der Waals surface area contributed by atoms with E-state index in [0.29, 0.717) is 11.5 Å². The highest BCUT2D eigenvalue weighted by Gasteiger charge is 2.15. The molecule has 8 nitrogen and oxygen atoms in total. The van der Waals surface area contributed by atoms with Crippen LogP contribution in [0.15, 0.2) is 66.9 Å². The number of carbonyl (C=O) groups excluding carboxylic acids is 1. The quantitative estimate of drug-likeness (QED) is 0.509. The Bertz CT molecular complexity index is 1260. The largest absolute Gasteiger partial charge is 0.369 e. The molecule has 1 fully saturated rings. The summed E-state index contributed by atoms with van der Waals surface area (Å²) in [5, 5.41) is 7.93. The molecule has 1 saturated heterocycles. The topological polar surface area (TPSA) is 91.8 Å². The second-order valence-electron chi connectivity index (χ2n) is 8.01. The van der Waals surface area contributed by atoms with E-state index in [0.717, 1.165) is 48.6 Å². The van der Waals surface area contributed by atoms with Crippen molar-refractivity contribution < 1.29 is 4.79 Å². The number of aromatic nitrogens is 3. The predicted octanol–water partition coefficient (Wildman–Crippen LogP) is 2.99. The highest BCUT2D eigenvalue weighted by atomic mass is 16.1. The number of primary amides is 1. The van der Waals surface area contributed by atoms with Gasteiger partial charge in [0.25, 0.3) is 0 Å². The van der Waals surface area contributed by atoms with Gasteiger partial charge in [-0.15, -0.1) is 5.10 Å². The fourth-order valence-corrected chi connectivity index (χ4v) is 4.03. The monoisotopic (exact) mass is 427 g/mol. The average Bonchev–Trinajstić information content (AvgIpc) is 3.23. The smallest absolute Gasteiger partial charge is 0.249 e. The molecule has 0 aliphatic carbocycles. The number of likely N-dealkylation sites (N-methyl/N-ethyl adjacent to an activating group) is 1. The molecule has 0 saturated carbocycles. The number of hydrogen-bond donors (Lipinski definition) is 2. The van der Waals surface area contributed by atoms with Crippen molar-refractivity contribution in [1.29, 1.82) is 0 Å². The van der Waals surface area contributed by atoms with Crippen LogP contribution in [0.2, 0.25) is 0 Å². The van der Waals surface area contributed by atoms with Crippen molar-refractivity contribution in [1.82, 2.24) is 19.5 Å². The Morgan fingerprint density at radius 2 is 1.72 bits per heavy atom. The third-order valence-electron chi connectivity index (χ3n) is 5.86. The van der Waals surface area contributed by atoms with E-state index in [1.165, 1.54) is 5.69 Å². The first-order chi connectivity index (χ1) is 15.6. The van der Waals surface area contributed by atoms with E-state index in [-0.39, 0.29) is 0 Å². The number of nitrogens with zero attached hydrogens (tertiary/aromatic N) is 5. The lowest BCUT2D eigenvalue weighted by atomic mass is 10.0. The van der Waals surface area contributed by atoms with Gasteiger partial charge in [0.2, 0.25) is 11.9 Å². The minimum atomic E-state index is -0.469. The Labute approximate surface area is 186 Å². The van der Waals surface area contributed by atoms with Crippen LogP contribution in [-0.4, -0.2) is 58.6 Å². The van der Waals surface area contributed by atoms with Gasteiger partial charge in [-0.3, -0.25) is 4.79 Å². The molecule has 162 valence electrons. The van der Waals surface area contributed by atoms with Crippen LogP contribution in [0.1, 0.15) is 10.4 Å². The molecule has 32 heavy (non-hydrogen) atoms. The summed E-state index contributed by atoms with van der Waals surface area (Å²) in [5.41, 5.74) is 10.5. The van der Waals surface area contributed by atoms with Gasteiger partial charge in [0.15, 0.2) is 0 Å². The molecule has 1 aliphatic heterocycles. The fourth-order valence-electron chi connectivity index (χ4n) is 4.03. The first-order valence-corrected chi connectivity index (χ1v) is 10.6. The zero-order valence-corrected chi connectivity index (χ0v) is 17.9. The maximum absolute atomic E-state index is 11.9. The van der Waals surface area contributed by atoms with Gasteiger partial charge in [-0.05, 0) is 49.5 Å². The van der Waals surface area contributed by atoms with E-state index >= 15 is 0 Å². The van der Waals surface area contributed by atoms with Crippen LogP contribution in [0.25, 0.3) is 16.8 Å². The third-order valence-corrected chi connectivity index (χ3v) is 5.86. The number of rotatable bonds is 5. The molecule has 2 aromatic heterocycles. The molecule has 1 aliphatic rings. The number of nitrogens with two attached hydrogens (primary N) is 1. The van der Waals surface area contributed by atoms with Gasteiger partial charge in [0.05, 0.1) is 17.4 Å². The second-order valence-corrected chi connectivity index (χ2v) is 8.01. The first-order valence-electron chi connectivity index (χ1n) is 10.6. The molecule has 3 N–H and O–H groups in total. The van der Waals surface area contributed by atoms with Crippen molar-refractivity contribution in [3.05, 3.63) is 72.4 Å². The summed E-state index contributed by atoms with van der Waals surface area (Å²) in [6.45, 7) is 4.22. The maximum atomic E-state index is 11.9. The summed E-state index contributed by atoms with van der Waals surface area (Å²) in [5.74, 6) is 0.00208. The SMILES string of the molecule is CN1CCN(c2ccc(Nc3ncc4ccc(-c5ccccc5C(N)=O)n4n3)cc2)CC1. The number of carbonyl (C=O) groups is 1. The van der Waals surface area contributed by atoms with Crippen molar-refractivity contribution in [3.63, 3.8) is 0 Å². The van der Waals surface area contributed by atoms with Crippen molar-refractivity contribution in [2.75, 3.05) is 43.4 Å². The lowest BCUT2D eigenvalue weighted by Gasteiger charge is -2.34. The summed E-state index contributed by atoms with van der Waals surface area (Å²) >= 11 is 0. The normalized spacial score (nSPS) is 14.6. The van der Waals surface area contributed by atoms with E-state index in [1.54, 1.807) is 22.8 Å². The van der Waals surface area contributed by atoms with Crippen molar-refractivity contribution in [3.8, 4) is 11.3 Å². The average molecular weight is 428 g/mol. The van der Waals surface area contributed by atoms with Gasteiger partial charge in [0.1, 0.15) is 0 Å². The van der Waals surface area contributed by atoms with E-state index in [4.69, 9.17) is 5.73 Å². The number of hydrogen-bond acceptors (Lipinski definition) is 6. The number of anilines is 3. The van der Waals surface area contributed by atoms with E-state index in [9.17, 15) is 4.79 Å². The molecule has 8 heteroatoms. The number of nitrogens with one attached hydrogen (secondary N) is 1. The molecule has 5 rings (SSSR count). The van der Waals surface area contributed by atoms with Crippen molar-refractivity contribution >= 4 is 28.7 Å². The molecular formula is C24H25N7O. The molecule has 3 heterocycles. The van der Waals surface area contributed by atoms with Gasteiger partial charge >= 0.3 is 0 Å². The summed E-state index contributed by atoms with van der Waals surface area (Å²) < 4.78 is 1.77. The minimum Gasteiger partial charge on any atom is -0.369 e. The highest BCUT2D eigenvalue weighted by Crippen LogP contribution is 2.26. The van der Waals surface area contributed by atoms with Gasteiger partial charge in [-0.2, -0.15) is 0 Å². The maximum Gasteiger partial charge on any atom is 0.249 e. The molecular weight excluding hydrogens is 402 g/mol. The summed E-state index contributed by atoms with van der Waals surface area (Å²) in [6, 6.07) is 19.4. The van der Waals surface area contributed by atoms with Crippen LogP contribution in [0.3, 0.4) is 0 Å². The number of benzene rings is 2. The molecule has 1 amide bonds. The molecule has 4 aromatic rings. The van der Waals surface area contributed by atoms with E-state index in [2.05, 4.69) is 44.4 Å². The molecule has 2 aromatic carbocycles. The Hall–Kier alpha value is -3.91. The van der Waals surface area contributed by atoms with Crippen LogP contribution in [0.4, 0.5) is 17.3 Å². The molecule has 0 unspecified atom stereocenters. The third kappa shape index (κ3) is 3.88. The van der Waals surface area contributed by atoms with Crippen LogP contribution >= 0.6 is 0 Å². The van der Waals surface area contributed by atoms with Crippen LogP contribution in [0, 0.1) is 0 Å². The lowest BCUT2D eigenvalue weighted by molar-refractivity contribution is 0.100. The first kappa shape index (κ1) is 20.0. The van der Waals surface area contributed by atoms with E-state index in [1.807, 2.05) is 36.4 Å². The van der Waals surface area contributed by atoms with Crippen LogP contribution < -0.4 is 16.0 Å². The van der Waals surface area contributed by atoms with Gasteiger partial charge < -0.3 is 20.9 Å². The van der Waals surface area contributed by atoms with E-state index < -0.39 is 5.91 Å². The fraction of sp³-hybridized carbons (Fsp3) is 0.208. The van der Waals surface area contributed by atoms with Crippen LogP contribution in [0.5, 0.6) is 0 Å². The summed E-state index contributed by atoms with van der Waals surface area (Å²) in [7, 11) is 2.16. The predicted molar refractivity (Wildman–Crippen MR) is 126 cm³/mol. The van der Waals surface area contributed by atoms with Crippen molar-refractivity contribution in [2.24, 2.45) is 5.73 Å². The standard InChI is InChI=1S/C24H25N7O/c1-29-12-14-30(15-13-29)18-8-6-17(7-9-18)27-24-26-16-19-10-11-22(31(19)28-24)20-4-2-3-5-21(20)23(25)32/h2-11,16H,12-15H2,1H3,(H2,25,32)(H,27,28).